The van der Waals surface area contributed by atoms with E-state index in [-0.39, 0.29) is 30.3 Å². The Balaban J connectivity index is 1.57. The number of carbonyl (C=O) groups is 1. The van der Waals surface area contributed by atoms with Gasteiger partial charge in [-0.2, -0.15) is 0 Å². The van der Waals surface area contributed by atoms with Gasteiger partial charge in [0.25, 0.3) is 5.91 Å². The number of nitrogens with one attached hydrogen (secondary N) is 2. The lowest BCUT2D eigenvalue weighted by molar-refractivity contribution is -0.0586. The highest BCUT2D eigenvalue weighted by atomic mass is 79.9. The van der Waals surface area contributed by atoms with Gasteiger partial charge in [0.2, 0.25) is 0 Å². The van der Waals surface area contributed by atoms with E-state index in [2.05, 4.69) is 37.6 Å². The number of ether oxygens (including phenoxy) is 2. The molecule has 1 aromatic carbocycles. The molecular weight excluding hydrogens is 502 g/mol. The minimum Gasteiger partial charge on any atom is -0.376 e. The fraction of sp³-hybridized carbons (Fsp3) is 0.583. The summed E-state index contributed by atoms with van der Waals surface area (Å²) >= 11 is 3.51. The third kappa shape index (κ3) is 5.98. The molecule has 0 bridgehead atoms. The molecule has 186 valence electrons. The number of hydrogen-bond acceptors (Lipinski definition) is 8. The Morgan fingerprint density at radius 3 is 2.79 bits per heavy atom. The van der Waals surface area contributed by atoms with Crippen LogP contribution in [-0.4, -0.2) is 92.5 Å². The van der Waals surface area contributed by atoms with E-state index in [0.29, 0.717) is 54.2 Å². The first-order chi connectivity index (χ1) is 16.3. The van der Waals surface area contributed by atoms with Gasteiger partial charge < -0.3 is 25.0 Å². The van der Waals surface area contributed by atoms with Gasteiger partial charge in [-0.05, 0) is 38.5 Å². The maximum atomic E-state index is 13.7. The summed E-state index contributed by atoms with van der Waals surface area (Å²) in [6.45, 7) is 7.60. The van der Waals surface area contributed by atoms with Gasteiger partial charge in [0, 0.05) is 44.2 Å². The number of rotatable bonds is 7. The van der Waals surface area contributed by atoms with Crippen molar-refractivity contribution in [1.29, 1.82) is 0 Å². The minimum absolute atomic E-state index is 0.0372. The van der Waals surface area contributed by atoms with Crippen LogP contribution in [0.1, 0.15) is 30.6 Å². The normalized spacial score (nSPS) is 27.0. The van der Waals surface area contributed by atoms with E-state index in [1.165, 1.54) is 0 Å². The van der Waals surface area contributed by atoms with Crippen molar-refractivity contribution >= 4 is 38.9 Å². The van der Waals surface area contributed by atoms with E-state index in [4.69, 9.17) is 9.47 Å². The molecule has 1 amide bonds. The number of halogens is 1. The van der Waals surface area contributed by atoms with Crippen molar-refractivity contribution in [2.45, 2.75) is 44.6 Å². The summed E-state index contributed by atoms with van der Waals surface area (Å²) in [6.07, 6.45) is 4.92. The maximum Gasteiger partial charge on any atom is 0.256 e. The number of carbonyl (C=O) groups excluding carboxylic acids is 1. The molecule has 3 N–H and O–H groups in total. The first-order valence-electron chi connectivity index (χ1n) is 11.8. The van der Waals surface area contributed by atoms with E-state index in [0.717, 1.165) is 23.7 Å². The second kappa shape index (κ2) is 11.2. The Morgan fingerprint density at radius 2 is 2.12 bits per heavy atom. The predicted molar refractivity (Wildman–Crippen MR) is 136 cm³/mol. The van der Waals surface area contributed by atoms with Crippen molar-refractivity contribution in [3.8, 4) is 0 Å². The maximum absolute atomic E-state index is 13.7. The van der Waals surface area contributed by atoms with Gasteiger partial charge in [-0.3, -0.25) is 20.1 Å². The van der Waals surface area contributed by atoms with Gasteiger partial charge in [-0.1, -0.05) is 22.0 Å². The number of amides is 1. The van der Waals surface area contributed by atoms with Crippen molar-refractivity contribution in [2.24, 2.45) is 4.99 Å². The van der Waals surface area contributed by atoms with Crippen molar-refractivity contribution in [3.05, 3.63) is 34.3 Å². The summed E-state index contributed by atoms with van der Waals surface area (Å²) in [4.78, 5) is 20.0. The number of benzene rings is 1. The molecule has 3 aliphatic rings. The molecule has 4 rings (SSSR count). The van der Waals surface area contributed by atoms with Gasteiger partial charge in [0.1, 0.15) is 0 Å². The SMILES string of the molecule is C[C@@H]1CN(C(=O)c2cc(Br)cc(N(C)O)c2N[C@H]2CNC[C@@H]2OCC2=NCCC=C2)C[C@H](C)O1. The molecule has 1 aromatic rings. The van der Waals surface area contributed by atoms with Gasteiger partial charge in [-0.25, -0.2) is 0 Å². The van der Waals surface area contributed by atoms with Gasteiger partial charge >= 0.3 is 0 Å². The standard InChI is InChI=1S/C24H34BrN5O4/c1-15-12-30(13-16(2)34-15)24(31)19-8-17(25)9-21(29(3)32)23(19)28-20-10-26-11-22(20)33-14-18-6-4-5-7-27-18/h4,6,8-9,15-16,20,22,26,28,32H,5,7,10-14H2,1-3H3/t15-,16+,20-,22-/m0/s1. The van der Waals surface area contributed by atoms with Crippen molar-refractivity contribution in [3.63, 3.8) is 0 Å². The van der Waals surface area contributed by atoms with Crippen LogP contribution >= 0.6 is 15.9 Å². The molecule has 0 saturated carbocycles. The fourth-order valence-electron chi connectivity index (χ4n) is 4.68. The van der Waals surface area contributed by atoms with Crippen LogP contribution in [0.5, 0.6) is 0 Å². The molecule has 0 unspecified atom stereocenters. The summed E-state index contributed by atoms with van der Waals surface area (Å²) < 4.78 is 12.7. The number of morpholine rings is 1. The Morgan fingerprint density at radius 1 is 1.35 bits per heavy atom. The van der Waals surface area contributed by atoms with E-state index < -0.39 is 0 Å². The molecule has 9 nitrogen and oxygen atoms in total. The van der Waals surface area contributed by atoms with Crippen LogP contribution in [0.3, 0.4) is 0 Å². The second-order valence-electron chi connectivity index (χ2n) is 9.16. The zero-order chi connectivity index (χ0) is 24.2. The van der Waals surface area contributed by atoms with E-state index in [1.807, 2.05) is 30.9 Å². The van der Waals surface area contributed by atoms with E-state index in [1.54, 1.807) is 13.1 Å². The molecule has 4 atom stereocenters. The van der Waals surface area contributed by atoms with Crippen LogP contribution in [0.4, 0.5) is 11.4 Å². The largest absolute Gasteiger partial charge is 0.376 e. The molecule has 2 fully saturated rings. The van der Waals surface area contributed by atoms with Crippen LogP contribution in [-0.2, 0) is 9.47 Å². The predicted octanol–water partition coefficient (Wildman–Crippen LogP) is 2.69. The Bertz CT molecular complexity index is 944. The van der Waals surface area contributed by atoms with Crippen molar-refractivity contribution < 1.29 is 19.5 Å². The molecule has 34 heavy (non-hydrogen) atoms. The highest BCUT2D eigenvalue weighted by molar-refractivity contribution is 9.10. The van der Waals surface area contributed by atoms with Crippen LogP contribution < -0.4 is 15.7 Å². The quantitative estimate of drug-likeness (QED) is 0.461. The summed E-state index contributed by atoms with van der Waals surface area (Å²) in [7, 11) is 1.55. The molecule has 0 aliphatic carbocycles. The van der Waals surface area contributed by atoms with Crippen LogP contribution in [0.2, 0.25) is 0 Å². The number of hydrogen-bond donors (Lipinski definition) is 3. The third-order valence-corrected chi connectivity index (χ3v) is 6.68. The highest BCUT2D eigenvalue weighted by Crippen LogP contribution is 2.35. The van der Waals surface area contributed by atoms with Crippen molar-refractivity contribution in [1.82, 2.24) is 10.2 Å². The third-order valence-electron chi connectivity index (χ3n) is 6.22. The van der Waals surface area contributed by atoms with Gasteiger partial charge in [-0.15, -0.1) is 0 Å². The van der Waals surface area contributed by atoms with Crippen LogP contribution in [0.25, 0.3) is 0 Å². The summed E-state index contributed by atoms with van der Waals surface area (Å²) in [6, 6.07) is 3.52. The van der Waals surface area contributed by atoms with Gasteiger partial charge in [0.05, 0.1) is 53.6 Å². The summed E-state index contributed by atoms with van der Waals surface area (Å²) in [5.74, 6) is -0.0981. The van der Waals surface area contributed by atoms with E-state index >= 15 is 0 Å². The Kier molecular flexibility index (Phi) is 8.26. The molecule has 2 saturated heterocycles. The number of nitrogens with zero attached hydrogens (tertiary/aromatic N) is 3. The lowest BCUT2D eigenvalue weighted by atomic mass is 10.1. The average Bonchev–Trinajstić information content (AvgIpc) is 3.25. The van der Waals surface area contributed by atoms with Crippen molar-refractivity contribution in [2.75, 3.05) is 56.8 Å². The van der Waals surface area contributed by atoms with Crippen LogP contribution in [0.15, 0.2) is 33.7 Å². The zero-order valence-electron chi connectivity index (χ0n) is 20.0. The van der Waals surface area contributed by atoms with Crippen LogP contribution in [0, 0.1) is 0 Å². The fourth-order valence-corrected chi connectivity index (χ4v) is 5.13. The molecule has 0 spiro atoms. The van der Waals surface area contributed by atoms with Gasteiger partial charge in [0.15, 0.2) is 0 Å². The summed E-state index contributed by atoms with van der Waals surface area (Å²) in [5.41, 5.74) is 2.54. The average molecular weight is 536 g/mol. The lowest BCUT2D eigenvalue weighted by Gasteiger charge is -2.36. The number of hydroxylamine groups is 1. The Hall–Kier alpha value is -1.98. The monoisotopic (exact) mass is 535 g/mol. The number of aliphatic imine (C=N–C) groups is 1. The first kappa shape index (κ1) is 25.1. The molecule has 10 heteroatoms. The minimum atomic E-state index is -0.107. The van der Waals surface area contributed by atoms with E-state index in [9.17, 15) is 10.0 Å². The number of anilines is 2. The highest BCUT2D eigenvalue weighted by Gasteiger charge is 2.33. The smallest absolute Gasteiger partial charge is 0.256 e. The Labute approximate surface area is 209 Å². The first-order valence-corrected chi connectivity index (χ1v) is 12.6. The topological polar surface area (TPSA) is 98.7 Å². The summed E-state index contributed by atoms with van der Waals surface area (Å²) in [5, 5.41) is 18.3. The second-order valence-corrected chi connectivity index (χ2v) is 10.1. The molecule has 3 heterocycles. The molecular formula is C24H34BrN5O4. The zero-order valence-corrected chi connectivity index (χ0v) is 21.5. The lowest BCUT2D eigenvalue weighted by Crippen LogP contribution is -2.48. The molecule has 0 radical (unpaired) electrons. The molecule has 3 aliphatic heterocycles. The molecule has 0 aromatic heterocycles. The number of dihydropyridines is 1.